The summed E-state index contributed by atoms with van der Waals surface area (Å²) in [6, 6.07) is 4.45. The molecule has 0 bridgehead atoms. The highest BCUT2D eigenvalue weighted by Gasteiger charge is 2.40. The van der Waals surface area contributed by atoms with E-state index in [0.29, 0.717) is 11.2 Å². The third-order valence-electron chi connectivity index (χ3n) is 4.68. The largest absolute Gasteiger partial charge is 0.432 e. The summed E-state index contributed by atoms with van der Waals surface area (Å²) in [5.41, 5.74) is -1.93. The van der Waals surface area contributed by atoms with Crippen LogP contribution in [0.1, 0.15) is 34.6 Å². The summed E-state index contributed by atoms with van der Waals surface area (Å²) in [7, 11) is 1.49. The van der Waals surface area contributed by atoms with Crippen LogP contribution in [0.2, 0.25) is 5.02 Å². The molecule has 4 nitrogen and oxygen atoms in total. The van der Waals surface area contributed by atoms with Crippen molar-refractivity contribution in [2.24, 2.45) is 0 Å². The van der Waals surface area contributed by atoms with E-state index in [4.69, 9.17) is 16.3 Å². The number of hydrogen-bond acceptors (Lipinski definition) is 2. The van der Waals surface area contributed by atoms with Gasteiger partial charge in [-0.15, -0.1) is 0 Å². The predicted molar refractivity (Wildman–Crippen MR) is 96.4 cm³/mol. The standard InChI is InChI=1S/C19H19ClF4N2O2/c1-11-8-16(18(27)25(2)10-13-4-3-7-28-13)26(17(11)19(22,23)24)15-6-5-12(20)9-14(15)21/h5-6,8-9,13H,3-4,7,10H2,1-2H3. The van der Waals surface area contributed by atoms with E-state index in [0.717, 1.165) is 31.0 Å². The fourth-order valence-corrected chi connectivity index (χ4v) is 3.59. The van der Waals surface area contributed by atoms with Crippen LogP contribution < -0.4 is 0 Å². The number of aromatic nitrogens is 1. The molecule has 0 spiro atoms. The quantitative estimate of drug-likeness (QED) is 0.665. The number of ether oxygens (including phenoxy) is 1. The summed E-state index contributed by atoms with van der Waals surface area (Å²) in [5, 5.41) is 0.0436. The number of nitrogens with zero attached hydrogens (tertiary/aromatic N) is 2. The first kappa shape index (κ1) is 20.7. The Morgan fingerprint density at radius 1 is 1.36 bits per heavy atom. The lowest BCUT2D eigenvalue weighted by atomic mass is 10.2. The first-order valence-corrected chi connectivity index (χ1v) is 9.09. The van der Waals surface area contributed by atoms with Crippen LogP contribution in [0.4, 0.5) is 17.6 Å². The molecule has 1 saturated heterocycles. The minimum atomic E-state index is -4.78. The third kappa shape index (κ3) is 4.03. The van der Waals surface area contributed by atoms with Gasteiger partial charge in [-0.05, 0) is 49.6 Å². The Labute approximate surface area is 164 Å². The van der Waals surface area contributed by atoms with Crippen molar-refractivity contribution in [3.63, 3.8) is 0 Å². The highest BCUT2D eigenvalue weighted by molar-refractivity contribution is 6.30. The Hall–Kier alpha value is -2.06. The molecule has 1 aliphatic heterocycles. The fourth-order valence-electron chi connectivity index (χ4n) is 3.43. The molecule has 3 rings (SSSR count). The van der Waals surface area contributed by atoms with E-state index in [1.165, 1.54) is 24.9 Å². The van der Waals surface area contributed by atoms with E-state index in [9.17, 15) is 22.4 Å². The van der Waals surface area contributed by atoms with Crippen LogP contribution in [0.3, 0.4) is 0 Å². The fraction of sp³-hybridized carbons (Fsp3) is 0.421. The number of likely N-dealkylation sites (N-methyl/N-ethyl adjacent to an activating group) is 1. The Bertz CT molecular complexity index is 889. The number of amides is 1. The van der Waals surface area contributed by atoms with E-state index in [1.807, 2.05) is 0 Å². The van der Waals surface area contributed by atoms with E-state index in [1.54, 1.807) is 0 Å². The van der Waals surface area contributed by atoms with Gasteiger partial charge in [0.1, 0.15) is 17.2 Å². The summed E-state index contributed by atoms with van der Waals surface area (Å²) in [6.07, 6.45) is -3.29. The van der Waals surface area contributed by atoms with Gasteiger partial charge in [0.25, 0.3) is 5.91 Å². The van der Waals surface area contributed by atoms with Gasteiger partial charge in [0, 0.05) is 25.2 Å². The molecule has 1 atom stereocenters. The minimum absolute atomic E-state index is 0.0436. The highest BCUT2D eigenvalue weighted by atomic mass is 35.5. The molecule has 152 valence electrons. The first-order valence-electron chi connectivity index (χ1n) is 8.71. The number of rotatable bonds is 4. The molecule has 28 heavy (non-hydrogen) atoms. The Kier molecular flexibility index (Phi) is 5.72. The lowest BCUT2D eigenvalue weighted by Crippen LogP contribution is -2.35. The van der Waals surface area contributed by atoms with Gasteiger partial charge in [-0.25, -0.2) is 4.39 Å². The normalized spacial score (nSPS) is 17.2. The molecule has 1 amide bonds. The summed E-state index contributed by atoms with van der Waals surface area (Å²) < 4.78 is 61.7. The zero-order valence-corrected chi connectivity index (χ0v) is 16.1. The van der Waals surface area contributed by atoms with Crippen LogP contribution in [-0.4, -0.2) is 41.7 Å². The molecule has 1 fully saturated rings. The number of aryl methyl sites for hydroxylation is 1. The minimum Gasteiger partial charge on any atom is -0.376 e. The molecular weight excluding hydrogens is 400 g/mol. The molecule has 0 radical (unpaired) electrons. The number of halogens is 5. The lowest BCUT2D eigenvalue weighted by Gasteiger charge is -2.22. The van der Waals surface area contributed by atoms with Crippen molar-refractivity contribution >= 4 is 17.5 Å². The maximum atomic E-state index is 14.5. The molecular formula is C19H19ClF4N2O2. The predicted octanol–water partition coefficient (Wildman–Crippen LogP) is 4.85. The average molecular weight is 419 g/mol. The molecule has 1 unspecified atom stereocenters. The second-order valence-corrected chi connectivity index (χ2v) is 7.25. The van der Waals surface area contributed by atoms with Gasteiger partial charge in [0.15, 0.2) is 0 Å². The zero-order chi connectivity index (χ0) is 20.6. The van der Waals surface area contributed by atoms with Crippen molar-refractivity contribution in [1.29, 1.82) is 0 Å². The van der Waals surface area contributed by atoms with E-state index < -0.39 is 29.3 Å². The van der Waals surface area contributed by atoms with E-state index >= 15 is 0 Å². The summed E-state index contributed by atoms with van der Waals surface area (Å²) in [6.45, 7) is 2.08. The average Bonchev–Trinajstić information content (AvgIpc) is 3.21. The van der Waals surface area contributed by atoms with Gasteiger partial charge in [0.2, 0.25) is 0 Å². The number of alkyl halides is 3. The maximum Gasteiger partial charge on any atom is 0.432 e. The Morgan fingerprint density at radius 3 is 2.64 bits per heavy atom. The van der Waals surface area contributed by atoms with Crippen LogP contribution in [0, 0.1) is 12.7 Å². The van der Waals surface area contributed by atoms with Crippen molar-refractivity contribution < 1.29 is 27.1 Å². The van der Waals surface area contributed by atoms with Gasteiger partial charge in [-0.1, -0.05) is 11.6 Å². The van der Waals surface area contributed by atoms with Crippen molar-refractivity contribution in [3.05, 3.63) is 52.1 Å². The van der Waals surface area contributed by atoms with Crippen LogP contribution in [-0.2, 0) is 10.9 Å². The first-order chi connectivity index (χ1) is 13.1. The van der Waals surface area contributed by atoms with Gasteiger partial charge in [-0.3, -0.25) is 9.36 Å². The number of benzene rings is 1. The third-order valence-corrected chi connectivity index (χ3v) is 4.91. The monoisotopic (exact) mass is 418 g/mol. The number of hydrogen-bond donors (Lipinski definition) is 0. The van der Waals surface area contributed by atoms with Crippen molar-refractivity contribution in [2.75, 3.05) is 20.2 Å². The van der Waals surface area contributed by atoms with Gasteiger partial charge in [-0.2, -0.15) is 13.2 Å². The summed E-state index contributed by atoms with van der Waals surface area (Å²) in [5.74, 6) is -1.60. The van der Waals surface area contributed by atoms with Crippen LogP contribution in [0.5, 0.6) is 0 Å². The Balaban J connectivity index is 2.09. The highest BCUT2D eigenvalue weighted by Crippen LogP contribution is 2.37. The van der Waals surface area contributed by atoms with Crippen LogP contribution in [0.15, 0.2) is 24.3 Å². The summed E-state index contributed by atoms with van der Waals surface area (Å²) in [4.78, 5) is 14.2. The molecule has 1 aliphatic rings. The Morgan fingerprint density at radius 2 is 2.07 bits per heavy atom. The topological polar surface area (TPSA) is 34.5 Å². The second-order valence-electron chi connectivity index (χ2n) is 6.81. The molecule has 2 heterocycles. The molecule has 1 aromatic carbocycles. The van der Waals surface area contributed by atoms with Crippen molar-refractivity contribution in [1.82, 2.24) is 9.47 Å². The van der Waals surface area contributed by atoms with Crippen LogP contribution >= 0.6 is 11.6 Å². The van der Waals surface area contributed by atoms with Gasteiger partial charge >= 0.3 is 6.18 Å². The zero-order valence-electron chi connectivity index (χ0n) is 15.3. The number of carbonyl (C=O) groups is 1. The molecule has 0 N–H and O–H groups in total. The van der Waals surface area contributed by atoms with Crippen molar-refractivity contribution in [2.45, 2.75) is 32.0 Å². The van der Waals surface area contributed by atoms with Crippen LogP contribution in [0.25, 0.3) is 5.69 Å². The van der Waals surface area contributed by atoms with Gasteiger partial charge < -0.3 is 9.64 Å². The molecule has 2 aromatic rings. The molecule has 1 aromatic heterocycles. The molecule has 0 saturated carbocycles. The van der Waals surface area contributed by atoms with E-state index in [2.05, 4.69) is 0 Å². The maximum absolute atomic E-state index is 14.5. The lowest BCUT2D eigenvalue weighted by molar-refractivity contribution is -0.142. The second kappa shape index (κ2) is 7.75. The van der Waals surface area contributed by atoms with Gasteiger partial charge in [0.05, 0.1) is 11.8 Å². The smallest absolute Gasteiger partial charge is 0.376 e. The van der Waals surface area contributed by atoms with Crippen molar-refractivity contribution in [3.8, 4) is 5.69 Å². The van der Waals surface area contributed by atoms with E-state index in [-0.39, 0.29) is 28.9 Å². The molecule has 9 heteroatoms. The number of carbonyl (C=O) groups excluding carboxylic acids is 1. The molecule has 0 aliphatic carbocycles. The summed E-state index contributed by atoms with van der Waals surface area (Å²) >= 11 is 5.73. The SMILES string of the molecule is Cc1cc(C(=O)N(C)CC2CCCO2)n(-c2ccc(Cl)cc2F)c1C(F)(F)F.